The number of esters is 1. The first-order chi connectivity index (χ1) is 15.9. The van der Waals surface area contributed by atoms with Gasteiger partial charge in [-0.25, -0.2) is 9.79 Å². The molecule has 1 saturated heterocycles. The lowest BCUT2D eigenvalue weighted by Crippen LogP contribution is -2.55. The van der Waals surface area contributed by atoms with Gasteiger partial charge in [0, 0.05) is 25.6 Å². The van der Waals surface area contributed by atoms with Gasteiger partial charge in [0.2, 0.25) is 0 Å². The van der Waals surface area contributed by atoms with Gasteiger partial charge in [0.25, 0.3) is 5.91 Å². The standard InChI is InChI=1S/C25H27N3O5/c1-3-32-21(29)18-7-4-6-16(12-18)17-8-9-20-19(13-17)25(22(30)28(2)23(26)27-25)14-24(33-20)10-5-11-31-15-24/h4,6-9,12-13H,3,5,10-11,14-15H2,1-2H3,(H2,26,27)/t24-,25-/m0/s1. The Morgan fingerprint density at radius 3 is 2.76 bits per heavy atom. The van der Waals surface area contributed by atoms with Gasteiger partial charge in [-0.15, -0.1) is 0 Å². The van der Waals surface area contributed by atoms with Gasteiger partial charge < -0.3 is 19.9 Å². The molecular formula is C25H27N3O5. The zero-order valence-corrected chi connectivity index (χ0v) is 18.8. The minimum atomic E-state index is -1.16. The second kappa shape index (κ2) is 7.88. The van der Waals surface area contributed by atoms with Crippen molar-refractivity contribution in [3.05, 3.63) is 53.6 Å². The van der Waals surface area contributed by atoms with Crippen molar-refractivity contribution in [1.29, 1.82) is 0 Å². The zero-order chi connectivity index (χ0) is 23.2. The number of likely N-dealkylation sites (N-methyl/N-ethyl adjacent to an activating group) is 1. The van der Waals surface area contributed by atoms with Gasteiger partial charge in [0.1, 0.15) is 11.4 Å². The van der Waals surface area contributed by atoms with Crippen LogP contribution in [-0.4, -0.2) is 55.2 Å². The summed E-state index contributed by atoms with van der Waals surface area (Å²) in [5, 5.41) is 0. The Kier molecular flexibility index (Phi) is 5.12. The molecule has 172 valence electrons. The average Bonchev–Trinajstić information content (AvgIpc) is 3.03. The average molecular weight is 450 g/mol. The lowest BCUT2D eigenvalue weighted by Gasteiger charge is -2.46. The monoisotopic (exact) mass is 449 g/mol. The zero-order valence-electron chi connectivity index (χ0n) is 18.8. The molecule has 1 fully saturated rings. The van der Waals surface area contributed by atoms with Gasteiger partial charge >= 0.3 is 5.97 Å². The van der Waals surface area contributed by atoms with Crippen LogP contribution in [-0.2, 0) is 19.8 Å². The van der Waals surface area contributed by atoms with Crippen LogP contribution in [0, 0.1) is 0 Å². The molecule has 0 unspecified atom stereocenters. The number of aliphatic imine (C=N–C) groups is 1. The predicted octanol–water partition coefficient (Wildman–Crippen LogP) is 2.84. The van der Waals surface area contributed by atoms with Gasteiger partial charge in [-0.3, -0.25) is 9.69 Å². The summed E-state index contributed by atoms with van der Waals surface area (Å²) in [5.74, 6) is 0.250. The molecule has 2 aromatic rings. The molecule has 0 aromatic heterocycles. The topological polar surface area (TPSA) is 103 Å². The maximum atomic E-state index is 13.5. The molecule has 3 heterocycles. The second-order valence-corrected chi connectivity index (χ2v) is 8.82. The molecule has 8 nitrogen and oxygen atoms in total. The van der Waals surface area contributed by atoms with Crippen molar-refractivity contribution in [2.45, 2.75) is 37.3 Å². The van der Waals surface area contributed by atoms with Crippen molar-refractivity contribution in [1.82, 2.24) is 4.90 Å². The Morgan fingerprint density at radius 1 is 1.24 bits per heavy atom. The molecule has 0 bridgehead atoms. The summed E-state index contributed by atoms with van der Waals surface area (Å²) >= 11 is 0. The number of amides is 1. The van der Waals surface area contributed by atoms with Crippen molar-refractivity contribution in [3.8, 4) is 16.9 Å². The van der Waals surface area contributed by atoms with Crippen LogP contribution in [0.25, 0.3) is 11.1 Å². The van der Waals surface area contributed by atoms with Crippen LogP contribution >= 0.6 is 0 Å². The molecule has 2 atom stereocenters. The molecule has 3 aliphatic heterocycles. The summed E-state index contributed by atoms with van der Waals surface area (Å²) in [6, 6.07) is 12.9. The summed E-state index contributed by atoms with van der Waals surface area (Å²) in [6.45, 7) is 3.17. The smallest absolute Gasteiger partial charge is 0.338 e. The van der Waals surface area contributed by atoms with Crippen molar-refractivity contribution >= 4 is 17.8 Å². The van der Waals surface area contributed by atoms with Crippen LogP contribution in [0.5, 0.6) is 5.75 Å². The largest absolute Gasteiger partial charge is 0.484 e. The van der Waals surface area contributed by atoms with Gasteiger partial charge in [-0.05, 0) is 55.2 Å². The van der Waals surface area contributed by atoms with E-state index in [-0.39, 0.29) is 17.8 Å². The van der Waals surface area contributed by atoms with Crippen LogP contribution < -0.4 is 10.5 Å². The molecule has 2 aromatic carbocycles. The number of hydrogen-bond donors (Lipinski definition) is 1. The summed E-state index contributed by atoms with van der Waals surface area (Å²) in [7, 11) is 1.64. The first kappa shape index (κ1) is 21.5. The van der Waals surface area contributed by atoms with E-state index in [1.807, 2.05) is 30.3 Å². The Bertz CT molecular complexity index is 1150. The fourth-order valence-corrected chi connectivity index (χ4v) is 5.03. The highest BCUT2D eigenvalue weighted by molar-refractivity contribution is 6.07. The van der Waals surface area contributed by atoms with Crippen LogP contribution in [0.3, 0.4) is 0 Å². The maximum Gasteiger partial charge on any atom is 0.338 e. The summed E-state index contributed by atoms with van der Waals surface area (Å²) < 4.78 is 17.3. The Hall–Kier alpha value is -3.39. The highest BCUT2D eigenvalue weighted by atomic mass is 16.5. The predicted molar refractivity (Wildman–Crippen MR) is 122 cm³/mol. The van der Waals surface area contributed by atoms with E-state index in [2.05, 4.69) is 0 Å². The highest BCUT2D eigenvalue weighted by Gasteiger charge is 2.58. The summed E-state index contributed by atoms with van der Waals surface area (Å²) in [5.41, 5.74) is 7.14. The first-order valence-electron chi connectivity index (χ1n) is 11.2. The number of benzene rings is 2. The molecule has 2 spiro atoms. The SMILES string of the molecule is CCOC(=O)c1cccc(-c2ccc3c(c2)[C@]2(C[C@]4(CCCOC4)O3)N=C(N)N(C)C2=O)c1. The fourth-order valence-electron chi connectivity index (χ4n) is 5.03. The number of nitrogens with two attached hydrogens (primary N) is 1. The Morgan fingerprint density at radius 2 is 2.06 bits per heavy atom. The number of carbonyl (C=O) groups is 2. The Balaban J connectivity index is 1.62. The van der Waals surface area contributed by atoms with Crippen LogP contribution in [0.1, 0.15) is 42.1 Å². The van der Waals surface area contributed by atoms with E-state index in [9.17, 15) is 9.59 Å². The second-order valence-electron chi connectivity index (χ2n) is 8.82. The first-order valence-corrected chi connectivity index (χ1v) is 11.2. The molecule has 33 heavy (non-hydrogen) atoms. The van der Waals surface area contributed by atoms with Crippen LogP contribution in [0.15, 0.2) is 47.5 Å². The van der Waals surface area contributed by atoms with Gasteiger partial charge in [-0.2, -0.15) is 0 Å². The van der Waals surface area contributed by atoms with E-state index >= 15 is 0 Å². The molecule has 3 aliphatic rings. The molecule has 0 aliphatic carbocycles. The number of carbonyl (C=O) groups excluding carboxylic acids is 2. The minimum Gasteiger partial charge on any atom is -0.484 e. The fraction of sp³-hybridized carbons (Fsp3) is 0.400. The van der Waals surface area contributed by atoms with Crippen molar-refractivity contribution in [2.24, 2.45) is 10.7 Å². The molecule has 5 rings (SSSR count). The number of guanidine groups is 1. The van der Waals surface area contributed by atoms with Crippen molar-refractivity contribution in [3.63, 3.8) is 0 Å². The lowest BCUT2D eigenvalue weighted by atomic mass is 9.74. The molecular weight excluding hydrogens is 422 g/mol. The minimum absolute atomic E-state index is 0.174. The van der Waals surface area contributed by atoms with Crippen LogP contribution in [0.2, 0.25) is 0 Å². The third-order valence-corrected chi connectivity index (χ3v) is 6.63. The quantitative estimate of drug-likeness (QED) is 0.723. The van der Waals surface area contributed by atoms with E-state index in [0.717, 1.165) is 24.0 Å². The molecule has 8 heteroatoms. The number of fused-ring (bicyclic) bond motifs is 2. The summed E-state index contributed by atoms with van der Waals surface area (Å²) in [4.78, 5) is 31.8. The van der Waals surface area contributed by atoms with E-state index in [1.165, 1.54) is 4.90 Å². The molecule has 0 radical (unpaired) electrons. The molecule has 0 saturated carbocycles. The van der Waals surface area contributed by atoms with Crippen molar-refractivity contribution < 1.29 is 23.8 Å². The normalized spacial score (nSPS) is 26.2. The van der Waals surface area contributed by atoms with Crippen molar-refractivity contribution in [2.75, 3.05) is 26.9 Å². The van der Waals surface area contributed by atoms with Gasteiger partial charge in [-0.1, -0.05) is 18.2 Å². The number of hydrogen-bond acceptors (Lipinski definition) is 7. The number of ether oxygens (including phenoxy) is 3. The summed E-state index contributed by atoms with van der Waals surface area (Å²) in [6.07, 6.45) is 2.00. The number of nitrogens with zero attached hydrogens (tertiary/aromatic N) is 2. The maximum absolute atomic E-state index is 13.5. The lowest BCUT2D eigenvalue weighted by molar-refractivity contribution is -0.139. The Labute approximate surface area is 192 Å². The van der Waals surface area contributed by atoms with Gasteiger partial charge in [0.15, 0.2) is 11.5 Å². The van der Waals surface area contributed by atoms with E-state index < -0.39 is 11.1 Å². The third-order valence-electron chi connectivity index (χ3n) is 6.63. The van der Waals surface area contributed by atoms with Crippen LogP contribution in [0.4, 0.5) is 0 Å². The molecule has 2 N–H and O–H groups in total. The van der Waals surface area contributed by atoms with E-state index in [1.54, 1.807) is 26.1 Å². The third kappa shape index (κ3) is 3.45. The highest BCUT2D eigenvalue weighted by Crippen LogP contribution is 2.51. The van der Waals surface area contributed by atoms with E-state index in [0.29, 0.717) is 43.1 Å². The van der Waals surface area contributed by atoms with E-state index in [4.69, 9.17) is 24.9 Å². The molecule has 1 amide bonds. The van der Waals surface area contributed by atoms with Gasteiger partial charge in [0.05, 0.1) is 18.8 Å². The number of rotatable bonds is 3.